The van der Waals surface area contributed by atoms with Gasteiger partial charge in [-0.1, -0.05) is 52.5 Å². The molecule has 0 spiro atoms. The van der Waals surface area contributed by atoms with Crippen LogP contribution in [0.15, 0.2) is 74.5 Å². The van der Waals surface area contributed by atoms with Gasteiger partial charge in [0.25, 0.3) is 0 Å². The molecule has 4 aromatic rings. The third kappa shape index (κ3) is 6.16. The molecule has 0 aliphatic rings. The summed E-state index contributed by atoms with van der Waals surface area (Å²) >= 11 is 15.6. The van der Waals surface area contributed by atoms with E-state index in [4.69, 9.17) is 32.4 Å². The van der Waals surface area contributed by atoms with Crippen LogP contribution >= 0.6 is 39.1 Å². The van der Waals surface area contributed by atoms with Crippen LogP contribution in [-0.2, 0) is 0 Å². The van der Waals surface area contributed by atoms with Crippen LogP contribution in [0.4, 0.5) is 5.69 Å². The lowest BCUT2D eigenvalue weighted by molar-refractivity contribution is 0.103. The molecule has 0 fully saturated rings. The number of halogens is 3. The van der Waals surface area contributed by atoms with Gasteiger partial charge < -0.3 is 14.3 Å². The maximum atomic E-state index is 13.2. The molecule has 0 aliphatic carbocycles. The van der Waals surface area contributed by atoms with Crippen molar-refractivity contribution in [1.82, 2.24) is 4.98 Å². The zero-order chi connectivity index (χ0) is 25.7. The van der Waals surface area contributed by atoms with E-state index in [1.165, 1.54) is 12.3 Å². The van der Waals surface area contributed by atoms with E-state index < -0.39 is 0 Å². The molecule has 184 valence electrons. The third-order valence-corrected chi connectivity index (χ3v) is 6.25. The van der Waals surface area contributed by atoms with Crippen LogP contribution in [-0.4, -0.2) is 28.7 Å². The molecule has 1 heterocycles. The molecule has 0 saturated heterocycles. The topological polar surface area (TPSA) is 84.9 Å². The van der Waals surface area contributed by atoms with Crippen molar-refractivity contribution in [3.8, 4) is 23.1 Å². The standard InChI is InChI=1S/C27H21BrCl2N2O4/c1-2-3-12-35-19-8-4-16(5-9-19)26-32-24(27(34)36-26)15-31-23-11-6-17(28)13-21(23)25(33)20-10-7-18(29)14-22(20)30/h4-11,13-15,34H,2-3,12H2,1H3. The molecule has 4 rings (SSSR count). The highest BCUT2D eigenvalue weighted by Crippen LogP contribution is 2.31. The summed E-state index contributed by atoms with van der Waals surface area (Å²) in [6.07, 6.45) is 3.38. The van der Waals surface area contributed by atoms with Gasteiger partial charge in [-0.15, -0.1) is 0 Å². The number of aromatic nitrogens is 1. The molecule has 1 N–H and O–H groups in total. The van der Waals surface area contributed by atoms with E-state index in [1.54, 1.807) is 42.5 Å². The van der Waals surface area contributed by atoms with E-state index in [0.29, 0.717) is 38.5 Å². The molecule has 3 aromatic carbocycles. The third-order valence-electron chi connectivity index (χ3n) is 5.21. The zero-order valence-corrected chi connectivity index (χ0v) is 22.3. The number of hydrogen-bond acceptors (Lipinski definition) is 6. The second-order valence-corrected chi connectivity index (χ2v) is 9.57. The summed E-state index contributed by atoms with van der Waals surface area (Å²) in [5.41, 5.74) is 1.77. The fourth-order valence-electron chi connectivity index (χ4n) is 3.31. The fourth-order valence-corrected chi connectivity index (χ4v) is 4.17. The summed E-state index contributed by atoms with van der Waals surface area (Å²) < 4.78 is 11.8. The number of hydrogen-bond donors (Lipinski definition) is 1. The summed E-state index contributed by atoms with van der Waals surface area (Å²) in [5, 5.41) is 11.0. The highest BCUT2D eigenvalue weighted by molar-refractivity contribution is 9.10. The van der Waals surface area contributed by atoms with Gasteiger partial charge in [0.05, 0.1) is 23.5 Å². The van der Waals surface area contributed by atoms with Gasteiger partial charge in [0.2, 0.25) is 5.89 Å². The Morgan fingerprint density at radius 1 is 1.11 bits per heavy atom. The molecule has 0 bridgehead atoms. The van der Waals surface area contributed by atoms with Crippen molar-refractivity contribution in [2.75, 3.05) is 6.61 Å². The quantitative estimate of drug-likeness (QED) is 0.121. The molecular weight excluding hydrogens is 567 g/mol. The molecule has 0 radical (unpaired) electrons. The first-order valence-electron chi connectivity index (χ1n) is 11.1. The summed E-state index contributed by atoms with van der Waals surface area (Å²) in [6.45, 7) is 2.76. The number of oxazole rings is 1. The van der Waals surface area contributed by atoms with Gasteiger partial charge in [-0.05, 0) is 67.1 Å². The number of rotatable bonds is 9. The molecule has 0 saturated carbocycles. The number of unbranched alkanes of at least 4 members (excludes halogenated alkanes) is 1. The molecule has 36 heavy (non-hydrogen) atoms. The average molecular weight is 588 g/mol. The van der Waals surface area contributed by atoms with Crippen molar-refractivity contribution in [3.05, 3.63) is 92.0 Å². The van der Waals surface area contributed by atoms with Crippen LogP contribution in [0.25, 0.3) is 11.5 Å². The Kier molecular flexibility index (Phi) is 8.46. The molecule has 0 atom stereocenters. The second kappa shape index (κ2) is 11.7. The van der Waals surface area contributed by atoms with Gasteiger partial charge in [0, 0.05) is 26.2 Å². The van der Waals surface area contributed by atoms with Crippen LogP contribution < -0.4 is 4.74 Å². The summed E-state index contributed by atoms with van der Waals surface area (Å²) in [4.78, 5) is 21.9. The van der Waals surface area contributed by atoms with E-state index in [1.807, 2.05) is 12.1 Å². The van der Waals surface area contributed by atoms with E-state index in [0.717, 1.165) is 18.6 Å². The van der Waals surface area contributed by atoms with Gasteiger partial charge in [-0.25, -0.2) is 4.98 Å². The fraction of sp³-hybridized carbons (Fsp3) is 0.148. The van der Waals surface area contributed by atoms with Crippen molar-refractivity contribution in [2.45, 2.75) is 19.8 Å². The minimum atomic E-state index is -0.386. The zero-order valence-electron chi connectivity index (χ0n) is 19.2. The first-order valence-corrected chi connectivity index (χ1v) is 12.7. The van der Waals surface area contributed by atoms with Gasteiger partial charge in [0.1, 0.15) is 5.75 Å². The number of ketones is 1. The Morgan fingerprint density at radius 2 is 1.89 bits per heavy atom. The van der Waals surface area contributed by atoms with Gasteiger partial charge >= 0.3 is 5.95 Å². The predicted molar refractivity (Wildman–Crippen MR) is 145 cm³/mol. The largest absolute Gasteiger partial charge is 0.494 e. The minimum absolute atomic E-state index is 0.124. The van der Waals surface area contributed by atoms with Crippen molar-refractivity contribution < 1.29 is 19.1 Å². The van der Waals surface area contributed by atoms with E-state index in [9.17, 15) is 9.90 Å². The second-order valence-electron chi connectivity index (χ2n) is 7.81. The maximum absolute atomic E-state index is 13.2. The first kappa shape index (κ1) is 25.9. The number of ether oxygens (including phenoxy) is 1. The molecule has 0 aliphatic heterocycles. The van der Waals surface area contributed by atoms with Crippen LogP contribution in [0.2, 0.25) is 10.0 Å². The summed E-state index contributed by atoms with van der Waals surface area (Å²) in [6, 6.07) is 17.0. The number of benzene rings is 3. The highest BCUT2D eigenvalue weighted by atomic mass is 79.9. The van der Waals surface area contributed by atoms with Gasteiger partial charge in [0.15, 0.2) is 11.5 Å². The lowest BCUT2D eigenvalue weighted by Crippen LogP contribution is -2.03. The number of carbonyl (C=O) groups is 1. The predicted octanol–water partition coefficient (Wildman–Crippen LogP) is 8.28. The van der Waals surface area contributed by atoms with Gasteiger partial charge in [-0.3, -0.25) is 9.79 Å². The Morgan fingerprint density at radius 3 is 2.61 bits per heavy atom. The highest BCUT2D eigenvalue weighted by Gasteiger charge is 2.18. The molecule has 6 nitrogen and oxygen atoms in total. The van der Waals surface area contributed by atoms with Crippen LogP contribution in [0, 0.1) is 0 Å². The minimum Gasteiger partial charge on any atom is -0.494 e. The maximum Gasteiger partial charge on any atom is 0.312 e. The van der Waals surface area contributed by atoms with E-state index in [2.05, 4.69) is 32.8 Å². The molecule has 0 amide bonds. The normalized spacial score (nSPS) is 11.2. The lowest BCUT2D eigenvalue weighted by atomic mass is 10.0. The van der Waals surface area contributed by atoms with Crippen LogP contribution in [0.1, 0.15) is 41.4 Å². The summed E-state index contributed by atoms with van der Waals surface area (Å²) in [7, 11) is 0. The van der Waals surface area contributed by atoms with Crippen molar-refractivity contribution >= 4 is 56.8 Å². The Labute approximate surface area is 226 Å². The monoisotopic (exact) mass is 586 g/mol. The molecule has 1 aromatic heterocycles. The Hall–Kier alpha value is -3.13. The SMILES string of the molecule is CCCCOc1ccc(-c2nc(C=Nc3ccc(Br)cc3C(=O)c3ccc(Cl)cc3Cl)c(O)o2)cc1. The smallest absolute Gasteiger partial charge is 0.312 e. The molecule has 0 unspecified atom stereocenters. The molecule has 9 heteroatoms. The van der Waals surface area contributed by atoms with Crippen molar-refractivity contribution in [3.63, 3.8) is 0 Å². The number of aliphatic imine (C=N–C) groups is 1. The van der Waals surface area contributed by atoms with Gasteiger partial charge in [-0.2, -0.15) is 0 Å². The Bertz CT molecular complexity index is 1420. The van der Waals surface area contributed by atoms with Crippen molar-refractivity contribution in [1.29, 1.82) is 0 Å². The van der Waals surface area contributed by atoms with E-state index >= 15 is 0 Å². The summed E-state index contributed by atoms with van der Waals surface area (Å²) in [5.74, 6) is 0.270. The first-order chi connectivity index (χ1) is 17.4. The van der Waals surface area contributed by atoms with Crippen molar-refractivity contribution in [2.24, 2.45) is 4.99 Å². The number of nitrogens with zero attached hydrogens (tertiary/aromatic N) is 2. The average Bonchev–Trinajstić information content (AvgIpc) is 3.24. The lowest BCUT2D eigenvalue weighted by Gasteiger charge is -2.08. The number of carbonyl (C=O) groups excluding carboxylic acids is 1. The molecular formula is C27H21BrCl2N2O4. The van der Waals surface area contributed by atoms with Crippen LogP contribution in [0.3, 0.4) is 0 Å². The Balaban J connectivity index is 1.58. The van der Waals surface area contributed by atoms with E-state index in [-0.39, 0.29) is 28.3 Å². The number of aromatic hydroxyl groups is 1. The van der Waals surface area contributed by atoms with Crippen LogP contribution in [0.5, 0.6) is 11.7 Å².